The summed E-state index contributed by atoms with van der Waals surface area (Å²) >= 11 is 24.0. The Labute approximate surface area is 245 Å². The number of carbonyl (C=O) groups is 2. The van der Waals surface area contributed by atoms with Crippen LogP contribution in [-0.2, 0) is 4.79 Å². The number of thioether (sulfide) groups is 1. The molecule has 0 atom stereocenters. The molecule has 0 saturated carbocycles. The molecule has 4 aromatic rings. The predicted octanol–water partition coefficient (Wildman–Crippen LogP) is 7.46. The minimum Gasteiger partial charge on any atom is -0.436 e. The molecule has 3 aromatic carbocycles. The average molecular weight is 621 g/mol. The van der Waals surface area contributed by atoms with Gasteiger partial charge in [0.25, 0.3) is 11.8 Å². The van der Waals surface area contributed by atoms with Crippen molar-refractivity contribution >= 4 is 97.6 Å². The van der Waals surface area contributed by atoms with E-state index in [2.05, 4.69) is 20.7 Å². The van der Waals surface area contributed by atoms with Crippen molar-refractivity contribution in [2.24, 2.45) is 0 Å². The molecule has 1 aliphatic rings. The zero-order valence-electron chi connectivity index (χ0n) is 19.2. The molecule has 1 aliphatic heterocycles. The van der Waals surface area contributed by atoms with E-state index in [1.54, 1.807) is 24.3 Å². The lowest BCUT2D eigenvalue weighted by atomic mass is 10.0. The Bertz CT molecular complexity index is 1710. The Kier molecular flexibility index (Phi) is 7.87. The van der Waals surface area contributed by atoms with Crippen LogP contribution in [0.4, 0.5) is 14.9 Å². The predicted molar refractivity (Wildman–Crippen MR) is 155 cm³/mol. The van der Waals surface area contributed by atoms with E-state index in [9.17, 15) is 14.0 Å². The van der Waals surface area contributed by atoms with Crippen LogP contribution in [0.5, 0.6) is 11.6 Å². The second kappa shape index (κ2) is 11.3. The molecule has 2 heterocycles. The van der Waals surface area contributed by atoms with Gasteiger partial charge < -0.3 is 10.1 Å². The van der Waals surface area contributed by atoms with Crippen molar-refractivity contribution in [2.45, 2.75) is 0 Å². The summed E-state index contributed by atoms with van der Waals surface area (Å²) in [6, 6.07) is 14.6. The van der Waals surface area contributed by atoms with Crippen LogP contribution >= 0.6 is 58.8 Å². The lowest BCUT2D eigenvalue weighted by Gasteiger charge is -2.16. The number of nitrogens with one attached hydrogen (secondary N) is 2. The van der Waals surface area contributed by atoms with Crippen LogP contribution < -0.4 is 15.5 Å². The Balaban J connectivity index is 1.44. The molecule has 0 spiro atoms. The maximum absolute atomic E-state index is 14.3. The maximum Gasteiger partial charge on any atom is 0.338 e. The minimum atomic E-state index is -0.818. The number of hydrogen-bond donors (Lipinski definition) is 2. The first kappa shape index (κ1) is 27.1. The van der Waals surface area contributed by atoms with E-state index in [4.69, 9.17) is 51.8 Å². The molecule has 2 N–H and O–H groups in total. The highest BCUT2D eigenvalue weighted by atomic mass is 35.5. The summed E-state index contributed by atoms with van der Waals surface area (Å²) < 4.78 is 20.2. The first-order valence-corrected chi connectivity index (χ1v) is 13.2. The van der Waals surface area contributed by atoms with Gasteiger partial charge in [0.15, 0.2) is 4.32 Å². The molecule has 0 aliphatic carbocycles. The number of carbonyl (C=O) groups excluding carboxylic acids is 2. The first-order valence-electron chi connectivity index (χ1n) is 10.9. The fraction of sp³-hybridized carbons (Fsp3) is 0. The lowest BCUT2D eigenvalue weighted by Crippen LogP contribution is -2.46. The van der Waals surface area contributed by atoms with Crippen LogP contribution in [0.25, 0.3) is 16.8 Å². The number of nitrogens with zero attached hydrogens (tertiary/aromatic N) is 3. The zero-order valence-corrected chi connectivity index (χ0v) is 23.1. The molecular weight excluding hydrogens is 608 g/mol. The molecule has 196 valence electrons. The van der Waals surface area contributed by atoms with Crippen LogP contribution in [0.1, 0.15) is 5.56 Å². The molecule has 5 rings (SSSR count). The monoisotopic (exact) mass is 619 g/mol. The Morgan fingerprint density at radius 1 is 1.10 bits per heavy atom. The third-order valence-electron chi connectivity index (χ3n) is 5.28. The van der Waals surface area contributed by atoms with Crippen molar-refractivity contribution in [3.63, 3.8) is 0 Å². The third-order valence-corrected chi connectivity index (χ3v) is 7.50. The molecule has 3 amide bonds. The number of aromatic nitrogens is 2. The number of urea groups is 1. The van der Waals surface area contributed by atoms with Gasteiger partial charge in [-0.1, -0.05) is 65.3 Å². The number of amides is 3. The highest BCUT2D eigenvalue weighted by Crippen LogP contribution is 2.38. The van der Waals surface area contributed by atoms with Gasteiger partial charge in [-0.05, 0) is 64.9 Å². The second-order valence-electron chi connectivity index (χ2n) is 7.80. The van der Waals surface area contributed by atoms with Crippen LogP contribution in [0.3, 0.4) is 0 Å². The number of anilines is 1. The fourth-order valence-electron chi connectivity index (χ4n) is 3.55. The average Bonchev–Trinajstić information content (AvgIpc) is 3.17. The standard InChI is InChI=1S/C25H13Cl3FN5O3S2/c26-16-7-6-13(9-17(16)27)31-24(36)33-34-22(35)20(39-25(34)38)10-15-14-4-2-1-3-12(14)5-8-19(15)37-21-18(29)11-30-23(28)32-21/h1-11H,(H2,31,33,36)/b20-10+. The topological polar surface area (TPSA) is 96.5 Å². The van der Waals surface area contributed by atoms with E-state index < -0.39 is 17.8 Å². The van der Waals surface area contributed by atoms with Gasteiger partial charge >= 0.3 is 6.03 Å². The van der Waals surface area contributed by atoms with Crippen molar-refractivity contribution in [1.29, 1.82) is 0 Å². The number of halogens is 4. The fourth-order valence-corrected chi connectivity index (χ4v) is 5.13. The number of ether oxygens (including phenoxy) is 1. The number of rotatable bonds is 5. The van der Waals surface area contributed by atoms with Crippen molar-refractivity contribution in [3.05, 3.63) is 92.4 Å². The molecule has 0 bridgehead atoms. The summed E-state index contributed by atoms with van der Waals surface area (Å²) in [6.45, 7) is 0. The lowest BCUT2D eigenvalue weighted by molar-refractivity contribution is -0.123. The Hall–Kier alpha value is -3.48. The van der Waals surface area contributed by atoms with Crippen molar-refractivity contribution in [3.8, 4) is 11.6 Å². The first-order chi connectivity index (χ1) is 18.7. The van der Waals surface area contributed by atoms with Crippen molar-refractivity contribution in [1.82, 2.24) is 20.4 Å². The smallest absolute Gasteiger partial charge is 0.338 e. The van der Waals surface area contributed by atoms with E-state index in [0.717, 1.165) is 28.4 Å². The molecule has 0 unspecified atom stereocenters. The maximum atomic E-state index is 14.3. The van der Waals surface area contributed by atoms with Gasteiger partial charge in [0.2, 0.25) is 11.1 Å². The molecule has 0 radical (unpaired) electrons. The van der Waals surface area contributed by atoms with Gasteiger partial charge in [0, 0.05) is 11.3 Å². The normalized spacial score (nSPS) is 14.3. The van der Waals surface area contributed by atoms with Gasteiger partial charge in [-0.3, -0.25) is 4.79 Å². The summed E-state index contributed by atoms with van der Waals surface area (Å²) in [4.78, 5) is 33.4. The number of benzene rings is 3. The Morgan fingerprint density at radius 3 is 2.69 bits per heavy atom. The largest absolute Gasteiger partial charge is 0.436 e. The van der Waals surface area contributed by atoms with Crippen molar-refractivity contribution < 1.29 is 18.7 Å². The molecule has 39 heavy (non-hydrogen) atoms. The van der Waals surface area contributed by atoms with E-state index in [1.165, 1.54) is 12.1 Å². The number of hydrogen-bond acceptors (Lipinski definition) is 7. The summed E-state index contributed by atoms with van der Waals surface area (Å²) in [6.07, 6.45) is 2.45. The molecule has 1 aromatic heterocycles. The van der Waals surface area contributed by atoms with Gasteiger partial charge in [-0.2, -0.15) is 14.4 Å². The summed E-state index contributed by atoms with van der Waals surface area (Å²) in [5.74, 6) is -1.57. The van der Waals surface area contributed by atoms with Gasteiger partial charge in [-0.15, -0.1) is 0 Å². The molecular formula is C25H13Cl3FN5O3S2. The number of fused-ring (bicyclic) bond motifs is 1. The van der Waals surface area contributed by atoms with Gasteiger partial charge in [0.1, 0.15) is 5.75 Å². The van der Waals surface area contributed by atoms with E-state index in [-0.39, 0.29) is 31.2 Å². The van der Waals surface area contributed by atoms with Crippen LogP contribution in [0.2, 0.25) is 15.3 Å². The summed E-state index contributed by atoms with van der Waals surface area (Å²) in [7, 11) is 0. The number of thiocarbonyl (C=S) groups is 1. The highest BCUT2D eigenvalue weighted by molar-refractivity contribution is 8.26. The van der Waals surface area contributed by atoms with Crippen molar-refractivity contribution in [2.75, 3.05) is 5.32 Å². The SMILES string of the molecule is O=C(Nc1ccc(Cl)c(Cl)c1)NN1C(=O)/C(=C\c2c(Oc3nc(Cl)ncc3F)ccc3ccccc23)SC1=S. The quantitative estimate of drug-likeness (QED) is 0.136. The minimum absolute atomic E-state index is 0.0897. The van der Waals surface area contributed by atoms with Crippen LogP contribution in [-0.4, -0.2) is 31.2 Å². The van der Waals surface area contributed by atoms with Gasteiger partial charge in [-0.25, -0.2) is 15.2 Å². The van der Waals surface area contributed by atoms with Crippen LogP contribution in [0, 0.1) is 5.82 Å². The molecule has 14 heteroatoms. The summed E-state index contributed by atoms with van der Waals surface area (Å²) in [5, 5.41) is 5.43. The van der Waals surface area contributed by atoms with E-state index in [1.807, 2.05) is 24.3 Å². The van der Waals surface area contributed by atoms with E-state index in [0.29, 0.717) is 21.7 Å². The number of hydrazine groups is 1. The Morgan fingerprint density at radius 2 is 1.90 bits per heavy atom. The second-order valence-corrected chi connectivity index (χ2v) is 10.6. The molecule has 8 nitrogen and oxygen atoms in total. The molecule has 1 saturated heterocycles. The third kappa shape index (κ3) is 5.92. The summed E-state index contributed by atoms with van der Waals surface area (Å²) in [5.41, 5.74) is 3.24. The van der Waals surface area contributed by atoms with E-state index >= 15 is 0 Å². The van der Waals surface area contributed by atoms with Gasteiger partial charge in [0.05, 0.1) is 21.1 Å². The highest BCUT2D eigenvalue weighted by Gasteiger charge is 2.34. The van der Waals surface area contributed by atoms with Crippen LogP contribution in [0.15, 0.2) is 65.7 Å². The zero-order chi connectivity index (χ0) is 27.7. The molecule has 1 fully saturated rings.